The number of benzene rings is 1. The fourth-order valence-corrected chi connectivity index (χ4v) is 4.03. The highest BCUT2D eigenvalue weighted by Crippen LogP contribution is 2.23. The van der Waals surface area contributed by atoms with Crippen LogP contribution >= 0.6 is 11.3 Å². The van der Waals surface area contributed by atoms with Crippen molar-refractivity contribution in [2.24, 2.45) is 5.92 Å². The zero-order chi connectivity index (χ0) is 21.0. The molecule has 1 N–H and O–H groups in total. The topological polar surface area (TPSA) is 69.0 Å². The Morgan fingerprint density at radius 3 is 2.83 bits per heavy atom. The molecule has 0 bridgehead atoms. The van der Waals surface area contributed by atoms with Gasteiger partial charge in [0, 0.05) is 22.8 Å². The van der Waals surface area contributed by atoms with Crippen molar-refractivity contribution in [2.75, 3.05) is 12.4 Å². The highest BCUT2D eigenvalue weighted by molar-refractivity contribution is 7.12. The smallest absolute Gasteiger partial charge is 0.230 e. The second-order valence-electron chi connectivity index (χ2n) is 7.57. The van der Waals surface area contributed by atoms with Gasteiger partial charge >= 0.3 is 0 Å². The molecule has 1 aromatic carbocycles. The average molecular weight is 413 g/mol. The Bertz CT molecular complexity index is 991. The lowest BCUT2D eigenvalue weighted by Crippen LogP contribution is -2.14. The molecule has 154 valence electrons. The molecule has 6 nitrogen and oxygen atoms in total. The van der Waals surface area contributed by atoms with E-state index in [4.69, 9.17) is 4.74 Å². The van der Waals surface area contributed by atoms with Crippen molar-refractivity contribution < 1.29 is 9.53 Å². The van der Waals surface area contributed by atoms with E-state index in [0.717, 1.165) is 35.1 Å². The lowest BCUT2D eigenvalue weighted by molar-refractivity contribution is -0.115. The van der Waals surface area contributed by atoms with Gasteiger partial charge in [-0.15, -0.1) is 11.3 Å². The van der Waals surface area contributed by atoms with E-state index < -0.39 is 0 Å². The summed E-state index contributed by atoms with van der Waals surface area (Å²) in [6.45, 7) is 8.61. The minimum Gasteiger partial charge on any atom is -0.497 e. The number of amides is 1. The molecule has 2 aromatic heterocycles. The van der Waals surface area contributed by atoms with Crippen LogP contribution < -0.4 is 10.1 Å². The fraction of sp³-hybridized carbons (Fsp3) is 0.409. The number of aryl methyl sites for hydroxylation is 1. The van der Waals surface area contributed by atoms with Gasteiger partial charge in [-0.25, -0.2) is 9.67 Å². The summed E-state index contributed by atoms with van der Waals surface area (Å²) in [5.41, 5.74) is 4.92. The van der Waals surface area contributed by atoms with Crippen LogP contribution in [0.25, 0.3) is 5.13 Å². The number of hydrogen-bond acceptors (Lipinski definition) is 5. The summed E-state index contributed by atoms with van der Waals surface area (Å²) in [5, 5.41) is 10.3. The lowest BCUT2D eigenvalue weighted by Gasteiger charge is -2.06. The highest BCUT2D eigenvalue weighted by Gasteiger charge is 2.16. The summed E-state index contributed by atoms with van der Waals surface area (Å²) >= 11 is 1.51. The zero-order valence-electron chi connectivity index (χ0n) is 17.7. The van der Waals surface area contributed by atoms with Crippen molar-refractivity contribution in [2.45, 2.75) is 47.0 Å². The largest absolute Gasteiger partial charge is 0.497 e. The van der Waals surface area contributed by atoms with Crippen LogP contribution in [0.4, 0.5) is 5.69 Å². The van der Waals surface area contributed by atoms with Crippen LogP contribution in [0, 0.1) is 19.8 Å². The molecule has 0 aliphatic heterocycles. The molecule has 0 radical (unpaired) electrons. The summed E-state index contributed by atoms with van der Waals surface area (Å²) in [6.07, 6.45) is 2.38. The molecule has 3 rings (SSSR count). The van der Waals surface area contributed by atoms with E-state index in [0.29, 0.717) is 17.4 Å². The standard InChI is InChI=1S/C22H28N4O2S/c1-14(2)9-10-20-15(3)25-26(16(20)4)22-24-18(13-29-22)12-21(27)23-17-7-6-8-19(11-17)28-5/h6-8,11,13-14H,9-10,12H2,1-5H3,(H,23,27). The van der Waals surface area contributed by atoms with Crippen molar-refractivity contribution in [3.05, 3.63) is 52.3 Å². The summed E-state index contributed by atoms with van der Waals surface area (Å²) < 4.78 is 7.09. The summed E-state index contributed by atoms with van der Waals surface area (Å²) in [6, 6.07) is 7.31. The Hall–Kier alpha value is -2.67. The number of rotatable bonds is 8. The molecular weight excluding hydrogens is 384 g/mol. The van der Waals surface area contributed by atoms with Gasteiger partial charge in [0.05, 0.1) is 24.9 Å². The molecule has 0 spiro atoms. The van der Waals surface area contributed by atoms with Crippen LogP contribution in [0.3, 0.4) is 0 Å². The first-order chi connectivity index (χ1) is 13.9. The molecule has 0 fully saturated rings. The maximum Gasteiger partial charge on any atom is 0.230 e. The van der Waals surface area contributed by atoms with E-state index in [1.807, 2.05) is 28.3 Å². The van der Waals surface area contributed by atoms with E-state index in [2.05, 4.69) is 43.1 Å². The van der Waals surface area contributed by atoms with Crippen molar-refractivity contribution in [1.82, 2.24) is 14.8 Å². The van der Waals surface area contributed by atoms with Gasteiger partial charge in [-0.3, -0.25) is 4.79 Å². The number of aromatic nitrogens is 3. The lowest BCUT2D eigenvalue weighted by atomic mass is 10.0. The number of ether oxygens (including phenoxy) is 1. The third kappa shape index (κ3) is 5.23. The Morgan fingerprint density at radius 2 is 2.10 bits per heavy atom. The van der Waals surface area contributed by atoms with Gasteiger partial charge in [-0.1, -0.05) is 19.9 Å². The Labute approximate surface area is 175 Å². The molecule has 29 heavy (non-hydrogen) atoms. The quantitative estimate of drug-likeness (QED) is 0.581. The number of hydrogen-bond donors (Lipinski definition) is 1. The number of carbonyl (C=O) groups is 1. The molecule has 0 unspecified atom stereocenters. The van der Waals surface area contributed by atoms with Crippen LogP contribution in [0.5, 0.6) is 5.75 Å². The van der Waals surface area contributed by atoms with Crippen molar-refractivity contribution in [3.8, 4) is 10.9 Å². The minimum atomic E-state index is -0.110. The highest BCUT2D eigenvalue weighted by atomic mass is 32.1. The number of nitrogens with zero attached hydrogens (tertiary/aromatic N) is 3. The molecule has 3 aromatic rings. The predicted molar refractivity (Wildman–Crippen MR) is 117 cm³/mol. The summed E-state index contributed by atoms with van der Waals surface area (Å²) in [5.74, 6) is 1.25. The molecule has 0 aliphatic carbocycles. The number of nitrogens with one attached hydrogen (secondary N) is 1. The van der Waals surface area contributed by atoms with Gasteiger partial charge < -0.3 is 10.1 Å². The maximum absolute atomic E-state index is 12.4. The summed E-state index contributed by atoms with van der Waals surface area (Å²) in [4.78, 5) is 17.0. The van der Waals surface area contributed by atoms with Crippen molar-refractivity contribution in [1.29, 1.82) is 0 Å². The number of anilines is 1. The molecule has 0 atom stereocenters. The number of thiazole rings is 1. The first-order valence-electron chi connectivity index (χ1n) is 9.81. The average Bonchev–Trinajstić information content (AvgIpc) is 3.24. The second-order valence-corrected chi connectivity index (χ2v) is 8.41. The van der Waals surface area contributed by atoms with Gasteiger partial charge in [-0.2, -0.15) is 5.10 Å². The maximum atomic E-state index is 12.4. The molecule has 7 heteroatoms. The molecule has 0 aliphatic rings. The SMILES string of the molecule is COc1cccc(NC(=O)Cc2csc(-n3nc(C)c(CCC(C)C)c3C)n2)c1. The molecule has 1 amide bonds. The van der Waals surface area contributed by atoms with E-state index in [1.165, 1.54) is 16.9 Å². The van der Waals surface area contributed by atoms with E-state index in [1.54, 1.807) is 13.2 Å². The van der Waals surface area contributed by atoms with Gasteiger partial charge in [0.25, 0.3) is 0 Å². The fourth-order valence-electron chi connectivity index (χ4n) is 3.20. The predicted octanol–water partition coefficient (Wildman–Crippen LogP) is 4.72. The zero-order valence-corrected chi connectivity index (χ0v) is 18.5. The van der Waals surface area contributed by atoms with Crippen LogP contribution in [0.1, 0.15) is 42.9 Å². The monoisotopic (exact) mass is 412 g/mol. The Kier molecular flexibility index (Phi) is 6.69. The molecule has 0 saturated heterocycles. The number of carbonyl (C=O) groups excluding carboxylic acids is 1. The molecular formula is C22H28N4O2S. The third-order valence-electron chi connectivity index (χ3n) is 4.83. The van der Waals surface area contributed by atoms with E-state index >= 15 is 0 Å². The van der Waals surface area contributed by atoms with Crippen LogP contribution in [0.15, 0.2) is 29.6 Å². The Balaban J connectivity index is 1.69. The molecule has 0 saturated carbocycles. The van der Waals surface area contributed by atoms with Crippen LogP contribution in [-0.2, 0) is 17.6 Å². The van der Waals surface area contributed by atoms with Crippen LogP contribution in [0.2, 0.25) is 0 Å². The first kappa shape index (κ1) is 21.0. The normalized spacial score (nSPS) is 11.1. The molecule has 2 heterocycles. The number of methoxy groups -OCH3 is 1. The van der Waals surface area contributed by atoms with Gasteiger partial charge in [-0.05, 0) is 50.3 Å². The minimum absolute atomic E-state index is 0.110. The van der Waals surface area contributed by atoms with Crippen molar-refractivity contribution in [3.63, 3.8) is 0 Å². The second kappa shape index (κ2) is 9.22. The van der Waals surface area contributed by atoms with E-state index in [-0.39, 0.29) is 12.3 Å². The van der Waals surface area contributed by atoms with Crippen molar-refractivity contribution >= 4 is 22.9 Å². The Morgan fingerprint density at radius 1 is 1.31 bits per heavy atom. The summed E-state index contributed by atoms with van der Waals surface area (Å²) in [7, 11) is 1.60. The van der Waals surface area contributed by atoms with Gasteiger partial charge in [0.2, 0.25) is 11.0 Å². The van der Waals surface area contributed by atoms with Gasteiger partial charge in [0.1, 0.15) is 5.75 Å². The third-order valence-corrected chi connectivity index (χ3v) is 5.69. The van der Waals surface area contributed by atoms with Gasteiger partial charge in [0.15, 0.2) is 0 Å². The van der Waals surface area contributed by atoms with Crippen LogP contribution in [-0.4, -0.2) is 27.8 Å². The first-order valence-corrected chi connectivity index (χ1v) is 10.7. The van der Waals surface area contributed by atoms with E-state index in [9.17, 15) is 4.79 Å².